The highest BCUT2D eigenvalue weighted by molar-refractivity contribution is 7.11. The largest absolute Gasteiger partial charge is 0.370 e. The van der Waals surface area contributed by atoms with Gasteiger partial charge in [0.25, 0.3) is 5.91 Å². The summed E-state index contributed by atoms with van der Waals surface area (Å²) in [5, 5.41) is 5.76. The first kappa shape index (κ1) is 15.4. The maximum Gasteiger partial charge on any atom is 0.255 e. The minimum atomic E-state index is -0.522. The Hall–Kier alpha value is -1.95. The summed E-state index contributed by atoms with van der Waals surface area (Å²) in [6.07, 6.45) is 2.08. The molecule has 2 N–H and O–H groups in total. The lowest BCUT2D eigenvalue weighted by molar-refractivity contribution is 0.0951. The third-order valence-corrected chi connectivity index (χ3v) is 4.16. The van der Waals surface area contributed by atoms with Gasteiger partial charge in [0.05, 0.1) is 18.3 Å². The third kappa shape index (κ3) is 4.01. The van der Waals surface area contributed by atoms with Crippen LogP contribution >= 0.6 is 11.3 Å². The average Bonchev–Trinajstić information content (AvgIpc) is 2.95. The minimum absolute atomic E-state index is 0.226. The summed E-state index contributed by atoms with van der Waals surface area (Å²) in [6.45, 7) is 5.04. The van der Waals surface area contributed by atoms with Crippen LogP contribution in [-0.4, -0.2) is 17.4 Å². The zero-order chi connectivity index (χ0) is 15.2. The highest BCUT2D eigenvalue weighted by Gasteiger charge is 2.13. The Labute approximate surface area is 127 Å². The summed E-state index contributed by atoms with van der Waals surface area (Å²) >= 11 is 1.67. The zero-order valence-corrected chi connectivity index (χ0v) is 12.9. The van der Waals surface area contributed by atoms with Gasteiger partial charge in [-0.2, -0.15) is 0 Å². The van der Waals surface area contributed by atoms with Gasteiger partial charge in [-0.25, -0.2) is 9.37 Å². The summed E-state index contributed by atoms with van der Waals surface area (Å²) in [5.74, 6) is -0.451. The number of anilines is 1. The Morgan fingerprint density at radius 1 is 1.33 bits per heavy atom. The number of carbonyl (C=O) groups excluding carboxylic acids is 1. The standard InChI is InChI=1S/C15H18FN3OS/c1-3-11-5-6-12(21-11)9-19-15(20)13-7-10(16)8-18-14(13)17-4-2/h5-8H,3-4,9H2,1-2H3,(H,17,18)(H,19,20). The number of amides is 1. The number of hydrogen-bond donors (Lipinski definition) is 2. The fraction of sp³-hybridized carbons (Fsp3) is 0.333. The number of pyridine rings is 1. The highest BCUT2D eigenvalue weighted by Crippen LogP contribution is 2.17. The van der Waals surface area contributed by atoms with Crippen LogP contribution < -0.4 is 10.6 Å². The lowest BCUT2D eigenvalue weighted by atomic mass is 10.2. The van der Waals surface area contributed by atoms with Crippen molar-refractivity contribution < 1.29 is 9.18 Å². The molecule has 0 fully saturated rings. The van der Waals surface area contributed by atoms with Gasteiger partial charge in [-0.3, -0.25) is 4.79 Å². The topological polar surface area (TPSA) is 54.0 Å². The summed E-state index contributed by atoms with van der Waals surface area (Å²) in [6, 6.07) is 5.25. The molecule has 4 nitrogen and oxygen atoms in total. The van der Waals surface area contributed by atoms with Gasteiger partial charge in [0.2, 0.25) is 0 Å². The van der Waals surface area contributed by atoms with Gasteiger partial charge >= 0.3 is 0 Å². The van der Waals surface area contributed by atoms with Crippen LogP contribution in [0.1, 0.15) is 34.0 Å². The number of hydrogen-bond acceptors (Lipinski definition) is 4. The summed E-state index contributed by atoms with van der Waals surface area (Å²) < 4.78 is 13.3. The quantitative estimate of drug-likeness (QED) is 0.861. The van der Waals surface area contributed by atoms with Crippen molar-refractivity contribution in [2.24, 2.45) is 0 Å². The molecule has 21 heavy (non-hydrogen) atoms. The number of aryl methyl sites for hydroxylation is 1. The molecule has 0 aliphatic heterocycles. The molecule has 0 atom stereocenters. The Morgan fingerprint density at radius 3 is 2.76 bits per heavy atom. The van der Waals surface area contributed by atoms with E-state index in [0.717, 1.165) is 17.5 Å². The molecule has 0 unspecified atom stereocenters. The SMILES string of the molecule is CCNc1ncc(F)cc1C(=O)NCc1ccc(CC)s1. The summed E-state index contributed by atoms with van der Waals surface area (Å²) in [5.41, 5.74) is 0.226. The van der Waals surface area contributed by atoms with Gasteiger partial charge in [0.1, 0.15) is 11.6 Å². The fourth-order valence-corrected chi connectivity index (χ4v) is 2.79. The van der Waals surface area contributed by atoms with E-state index in [0.29, 0.717) is 18.9 Å². The van der Waals surface area contributed by atoms with E-state index in [2.05, 4.69) is 28.6 Å². The Morgan fingerprint density at radius 2 is 2.10 bits per heavy atom. The molecular weight excluding hydrogens is 289 g/mol. The second-order valence-corrected chi connectivity index (χ2v) is 5.74. The molecule has 0 bridgehead atoms. The molecule has 2 aromatic heterocycles. The Bertz CT molecular complexity index is 627. The van der Waals surface area contributed by atoms with E-state index in [1.54, 1.807) is 11.3 Å². The van der Waals surface area contributed by atoms with Crippen molar-refractivity contribution >= 4 is 23.1 Å². The van der Waals surface area contributed by atoms with Crippen LogP contribution in [0.15, 0.2) is 24.4 Å². The summed E-state index contributed by atoms with van der Waals surface area (Å²) in [7, 11) is 0. The number of rotatable bonds is 6. The van der Waals surface area contributed by atoms with Crippen molar-refractivity contribution in [1.82, 2.24) is 10.3 Å². The number of thiophene rings is 1. The number of aromatic nitrogens is 1. The van der Waals surface area contributed by atoms with Crippen molar-refractivity contribution in [3.05, 3.63) is 45.5 Å². The van der Waals surface area contributed by atoms with Gasteiger partial charge in [-0.15, -0.1) is 11.3 Å². The Balaban J connectivity index is 2.07. The van der Waals surface area contributed by atoms with Gasteiger partial charge in [0.15, 0.2) is 0 Å². The number of nitrogens with one attached hydrogen (secondary N) is 2. The molecule has 112 valence electrons. The van der Waals surface area contributed by atoms with Gasteiger partial charge in [-0.1, -0.05) is 6.92 Å². The van der Waals surface area contributed by atoms with E-state index < -0.39 is 5.82 Å². The van der Waals surface area contributed by atoms with E-state index in [1.165, 1.54) is 10.9 Å². The van der Waals surface area contributed by atoms with Gasteiger partial charge in [-0.05, 0) is 31.5 Å². The maximum absolute atomic E-state index is 13.3. The molecule has 0 saturated carbocycles. The van der Waals surface area contributed by atoms with Crippen LogP contribution in [0.3, 0.4) is 0 Å². The molecular formula is C15H18FN3OS. The van der Waals surface area contributed by atoms with Crippen molar-refractivity contribution in [3.63, 3.8) is 0 Å². The van der Waals surface area contributed by atoms with Crippen LogP contribution in [0.2, 0.25) is 0 Å². The molecule has 0 spiro atoms. The van der Waals surface area contributed by atoms with E-state index >= 15 is 0 Å². The zero-order valence-electron chi connectivity index (χ0n) is 12.1. The third-order valence-electron chi connectivity index (χ3n) is 2.93. The van der Waals surface area contributed by atoms with Crippen LogP contribution in [0.5, 0.6) is 0 Å². The van der Waals surface area contributed by atoms with E-state index in [4.69, 9.17) is 0 Å². The first-order chi connectivity index (χ1) is 10.1. The van der Waals surface area contributed by atoms with Crippen molar-refractivity contribution in [1.29, 1.82) is 0 Å². The molecule has 0 radical (unpaired) electrons. The molecule has 0 aliphatic rings. The molecule has 6 heteroatoms. The highest BCUT2D eigenvalue weighted by atomic mass is 32.1. The van der Waals surface area contributed by atoms with Crippen LogP contribution in [0.4, 0.5) is 10.2 Å². The summed E-state index contributed by atoms with van der Waals surface area (Å²) in [4.78, 5) is 18.5. The maximum atomic E-state index is 13.3. The van der Waals surface area contributed by atoms with Crippen LogP contribution in [0, 0.1) is 5.82 Å². The van der Waals surface area contributed by atoms with Crippen molar-refractivity contribution in [2.45, 2.75) is 26.8 Å². The lowest BCUT2D eigenvalue weighted by Crippen LogP contribution is -2.24. The smallest absolute Gasteiger partial charge is 0.255 e. The van der Waals surface area contributed by atoms with Crippen molar-refractivity contribution in [2.75, 3.05) is 11.9 Å². The minimum Gasteiger partial charge on any atom is -0.370 e. The van der Waals surface area contributed by atoms with Gasteiger partial charge < -0.3 is 10.6 Å². The Kier molecular flexibility index (Phi) is 5.27. The molecule has 0 aromatic carbocycles. The molecule has 2 rings (SSSR count). The molecule has 2 aromatic rings. The second-order valence-electron chi connectivity index (χ2n) is 4.48. The number of halogens is 1. The number of nitrogens with zero attached hydrogens (tertiary/aromatic N) is 1. The first-order valence-corrected chi connectivity index (χ1v) is 7.70. The van der Waals surface area contributed by atoms with Crippen LogP contribution in [0.25, 0.3) is 0 Å². The molecule has 0 aliphatic carbocycles. The van der Waals surface area contributed by atoms with E-state index in [-0.39, 0.29) is 11.5 Å². The predicted molar refractivity (Wildman–Crippen MR) is 83.2 cm³/mol. The molecule has 1 amide bonds. The van der Waals surface area contributed by atoms with Crippen LogP contribution in [-0.2, 0) is 13.0 Å². The monoisotopic (exact) mass is 307 g/mol. The van der Waals surface area contributed by atoms with E-state index in [9.17, 15) is 9.18 Å². The van der Waals surface area contributed by atoms with Crippen molar-refractivity contribution in [3.8, 4) is 0 Å². The second kappa shape index (κ2) is 7.17. The average molecular weight is 307 g/mol. The normalized spacial score (nSPS) is 10.4. The first-order valence-electron chi connectivity index (χ1n) is 6.89. The fourth-order valence-electron chi connectivity index (χ4n) is 1.89. The molecule has 2 heterocycles. The molecule has 0 saturated heterocycles. The number of carbonyl (C=O) groups is 1. The van der Waals surface area contributed by atoms with Gasteiger partial charge in [0, 0.05) is 16.3 Å². The predicted octanol–water partition coefficient (Wildman–Crippen LogP) is 3.21. The lowest BCUT2D eigenvalue weighted by Gasteiger charge is -2.09. The van der Waals surface area contributed by atoms with E-state index in [1.807, 2.05) is 13.0 Å².